The summed E-state index contributed by atoms with van der Waals surface area (Å²) in [6.07, 6.45) is 1.50. The van der Waals surface area contributed by atoms with Gasteiger partial charge in [0, 0.05) is 10.2 Å². The molecule has 0 aliphatic heterocycles. The Labute approximate surface area is 181 Å². The van der Waals surface area contributed by atoms with Crippen molar-refractivity contribution in [2.75, 3.05) is 11.9 Å². The lowest BCUT2D eigenvalue weighted by molar-refractivity contribution is -0.112. The average Bonchev–Trinajstić information content (AvgIpc) is 2.61. The van der Waals surface area contributed by atoms with E-state index in [0.717, 1.165) is 8.04 Å². The van der Waals surface area contributed by atoms with E-state index in [1.54, 1.807) is 36.4 Å². The first kappa shape index (κ1) is 20.4. The second-order valence-corrected chi connectivity index (χ2v) is 7.82. The number of ether oxygens (including phenoxy) is 1. The van der Waals surface area contributed by atoms with Crippen LogP contribution in [0, 0.1) is 26.2 Å². The van der Waals surface area contributed by atoms with Crippen LogP contribution in [0.3, 0.4) is 0 Å². The van der Waals surface area contributed by atoms with E-state index < -0.39 is 5.91 Å². The van der Waals surface area contributed by atoms with Crippen molar-refractivity contribution < 1.29 is 9.53 Å². The number of carbonyl (C=O) groups is 1. The molecule has 5 nitrogen and oxygen atoms in total. The number of halogens is 3. The molecular weight excluding hydrogens is 577 g/mol. The lowest BCUT2D eigenvalue weighted by Crippen LogP contribution is -2.13. The topological polar surface area (TPSA) is 85.9 Å². The molecule has 0 unspecified atom stereocenters. The Hall–Kier alpha value is -1.88. The van der Waals surface area contributed by atoms with Crippen molar-refractivity contribution in [3.8, 4) is 17.9 Å². The van der Waals surface area contributed by atoms with Gasteiger partial charge >= 0.3 is 0 Å². The summed E-state index contributed by atoms with van der Waals surface area (Å²) >= 11 is 8.77. The first-order valence-electron chi connectivity index (χ1n) is 7.12. The Kier molecular flexibility index (Phi) is 7.64. The van der Waals surface area contributed by atoms with Crippen LogP contribution in [0.4, 0.5) is 5.69 Å². The molecule has 1 N–H and O–H groups in total. The number of anilines is 1. The minimum atomic E-state index is -0.495. The van der Waals surface area contributed by atoms with Gasteiger partial charge in [0.15, 0.2) is 6.61 Å². The molecular formula is C18H10Br2IN3O2. The Morgan fingerprint density at radius 1 is 1.23 bits per heavy atom. The lowest BCUT2D eigenvalue weighted by Gasteiger charge is -2.09. The van der Waals surface area contributed by atoms with Crippen LogP contribution in [0.2, 0.25) is 0 Å². The van der Waals surface area contributed by atoms with E-state index in [1.165, 1.54) is 6.08 Å². The van der Waals surface area contributed by atoms with Crippen LogP contribution in [-0.4, -0.2) is 12.5 Å². The Balaban J connectivity index is 2.25. The van der Waals surface area contributed by atoms with Crippen molar-refractivity contribution in [1.29, 1.82) is 10.5 Å². The standard InChI is InChI=1S/C18H10Br2IN3O2/c19-13-1-3-14(4-2-13)24-18(25)12(10-23)7-11-8-15(20)17(16(21)9-11)26-6-5-22/h1-4,7-9H,6H2,(H,24,25)/b12-7-. The van der Waals surface area contributed by atoms with Crippen molar-refractivity contribution >= 4 is 72.1 Å². The average molecular weight is 587 g/mol. The number of amides is 1. The van der Waals surface area contributed by atoms with Crippen LogP contribution in [0.5, 0.6) is 5.75 Å². The third-order valence-electron chi connectivity index (χ3n) is 3.08. The quantitative estimate of drug-likeness (QED) is 0.294. The highest BCUT2D eigenvalue weighted by Gasteiger charge is 2.12. The van der Waals surface area contributed by atoms with Crippen molar-refractivity contribution in [3.05, 3.63) is 60.1 Å². The summed E-state index contributed by atoms with van der Waals surface area (Å²) in [5.41, 5.74) is 1.23. The first-order chi connectivity index (χ1) is 12.4. The van der Waals surface area contributed by atoms with Crippen molar-refractivity contribution in [2.24, 2.45) is 0 Å². The molecule has 0 bridgehead atoms. The van der Waals surface area contributed by atoms with Crippen molar-refractivity contribution in [2.45, 2.75) is 0 Å². The van der Waals surface area contributed by atoms with E-state index in [-0.39, 0.29) is 12.2 Å². The Bertz CT molecular complexity index is 921. The van der Waals surface area contributed by atoms with Gasteiger partial charge in [0.2, 0.25) is 0 Å². The number of carbonyl (C=O) groups excluding carboxylic acids is 1. The fourth-order valence-electron chi connectivity index (χ4n) is 1.95. The van der Waals surface area contributed by atoms with Gasteiger partial charge in [-0.3, -0.25) is 4.79 Å². The largest absolute Gasteiger partial charge is 0.476 e. The van der Waals surface area contributed by atoms with Crippen LogP contribution in [-0.2, 0) is 4.79 Å². The molecule has 26 heavy (non-hydrogen) atoms. The second-order valence-electron chi connectivity index (χ2n) is 4.89. The molecule has 8 heteroatoms. The molecule has 0 heterocycles. The fourth-order valence-corrected chi connectivity index (χ4v) is 3.99. The van der Waals surface area contributed by atoms with E-state index in [1.807, 2.05) is 12.1 Å². The van der Waals surface area contributed by atoms with E-state index in [9.17, 15) is 10.1 Å². The fraction of sp³-hybridized carbons (Fsp3) is 0.0556. The van der Waals surface area contributed by atoms with Gasteiger partial charge in [0.25, 0.3) is 5.91 Å². The summed E-state index contributed by atoms with van der Waals surface area (Å²) in [5, 5.41) is 20.6. The minimum absolute atomic E-state index is 0.0266. The molecule has 1 amide bonds. The minimum Gasteiger partial charge on any atom is -0.476 e. The van der Waals surface area contributed by atoms with Gasteiger partial charge in [-0.05, 0) is 86.6 Å². The zero-order chi connectivity index (χ0) is 19.1. The summed E-state index contributed by atoms with van der Waals surface area (Å²) in [5.74, 6) is 0.0490. The SMILES string of the molecule is N#CCOc1c(Br)cc(/C=C(/C#N)C(=O)Nc2ccc(Br)cc2)cc1I. The zero-order valence-corrected chi connectivity index (χ0v) is 18.4. The van der Waals surface area contributed by atoms with Crippen LogP contribution < -0.4 is 10.1 Å². The molecule has 0 aliphatic rings. The van der Waals surface area contributed by atoms with Gasteiger partial charge in [-0.2, -0.15) is 10.5 Å². The van der Waals surface area contributed by atoms with Gasteiger partial charge in [-0.1, -0.05) is 15.9 Å². The predicted molar refractivity (Wildman–Crippen MR) is 114 cm³/mol. The molecule has 0 aliphatic carbocycles. The maximum absolute atomic E-state index is 12.3. The zero-order valence-electron chi connectivity index (χ0n) is 13.1. The Morgan fingerprint density at radius 3 is 2.50 bits per heavy atom. The molecule has 2 rings (SSSR count). The third kappa shape index (κ3) is 5.56. The number of hydrogen-bond donors (Lipinski definition) is 1. The monoisotopic (exact) mass is 585 g/mol. The summed E-state index contributed by atoms with van der Waals surface area (Å²) in [4.78, 5) is 12.3. The van der Waals surface area contributed by atoms with Crippen LogP contribution in [0.1, 0.15) is 5.56 Å². The maximum Gasteiger partial charge on any atom is 0.266 e. The number of nitrogens with one attached hydrogen (secondary N) is 1. The van der Waals surface area contributed by atoms with E-state index in [2.05, 4.69) is 59.8 Å². The van der Waals surface area contributed by atoms with E-state index in [4.69, 9.17) is 10.00 Å². The van der Waals surface area contributed by atoms with Crippen molar-refractivity contribution in [3.63, 3.8) is 0 Å². The molecule has 2 aromatic rings. The highest BCUT2D eigenvalue weighted by atomic mass is 127. The molecule has 0 saturated carbocycles. The first-order valence-corrected chi connectivity index (χ1v) is 9.78. The summed E-state index contributed by atoms with van der Waals surface area (Å²) in [6.45, 7) is -0.0666. The van der Waals surface area contributed by atoms with Crippen LogP contribution >= 0.6 is 54.5 Å². The molecule has 2 aromatic carbocycles. The number of rotatable bonds is 5. The van der Waals surface area contributed by atoms with Gasteiger partial charge in [-0.15, -0.1) is 0 Å². The van der Waals surface area contributed by atoms with Crippen LogP contribution in [0.25, 0.3) is 6.08 Å². The van der Waals surface area contributed by atoms with E-state index >= 15 is 0 Å². The summed E-state index contributed by atoms with van der Waals surface area (Å²) in [6, 6.07) is 14.4. The van der Waals surface area contributed by atoms with Gasteiger partial charge in [-0.25, -0.2) is 0 Å². The maximum atomic E-state index is 12.3. The highest BCUT2D eigenvalue weighted by Crippen LogP contribution is 2.32. The normalized spacial score (nSPS) is 10.6. The van der Waals surface area contributed by atoms with Gasteiger partial charge in [0.1, 0.15) is 23.5 Å². The molecule has 0 saturated heterocycles. The van der Waals surface area contributed by atoms with Crippen molar-refractivity contribution in [1.82, 2.24) is 0 Å². The molecule has 130 valence electrons. The summed E-state index contributed by atoms with van der Waals surface area (Å²) < 4.78 is 7.64. The highest BCUT2D eigenvalue weighted by molar-refractivity contribution is 14.1. The molecule has 0 spiro atoms. The van der Waals surface area contributed by atoms with Crippen LogP contribution in [0.15, 0.2) is 50.9 Å². The molecule has 0 atom stereocenters. The molecule has 0 radical (unpaired) electrons. The third-order valence-corrected chi connectivity index (χ3v) is 5.00. The predicted octanol–water partition coefficient (Wildman–Crippen LogP) is 5.26. The second kappa shape index (κ2) is 9.72. The van der Waals surface area contributed by atoms with Gasteiger partial charge in [0.05, 0.1) is 8.04 Å². The smallest absolute Gasteiger partial charge is 0.266 e. The molecule has 0 aromatic heterocycles. The molecule has 0 fully saturated rings. The van der Waals surface area contributed by atoms with Gasteiger partial charge < -0.3 is 10.1 Å². The summed E-state index contributed by atoms with van der Waals surface area (Å²) in [7, 11) is 0. The number of benzene rings is 2. The van der Waals surface area contributed by atoms with E-state index in [0.29, 0.717) is 21.5 Å². The lowest BCUT2D eigenvalue weighted by atomic mass is 10.1. The number of hydrogen-bond acceptors (Lipinski definition) is 4. The number of nitrogens with zero attached hydrogens (tertiary/aromatic N) is 2. The Morgan fingerprint density at radius 2 is 1.92 bits per heavy atom. The number of nitriles is 2.